The van der Waals surface area contributed by atoms with Crippen molar-refractivity contribution in [3.05, 3.63) is 40.1 Å². The van der Waals surface area contributed by atoms with Crippen molar-refractivity contribution in [2.45, 2.75) is 6.92 Å². The van der Waals surface area contributed by atoms with E-state index in [0.29, 0.717) is 15.8 Å². The van der Waals surface area contributed by atoms with Crippen LogP contribution in [0.25, 0.3) is 0 Å². The van der Waals surface area contributed by atoms with E-state index in [0.717, 1.165) is 6.08 Å². The van der Waals surface area contributed by atoms with Gasteiger partial charge in [0.05, 0.1) is 4.47 Å². The topological polar surface area (TPSA) is 46.5 Å². The van der Waals surface area contributed by atoms with E-state index < -0.39 is 5.97 Å². The Kier molecular flexibility index (Phi) is 4.49. The predicted octanol–water partition coefficient (Wildman–Crippen LogP) is 3.00. The Morgan fingerprint density at radius 1 is 1.62 bits per heavy atom. The fraction of sp³-hybridized carbons (Fsp3) is 0.182. The van der Waals surface area contributed by atoms with Gasteiger partial charge >= 0.3 is 5.97 Å². The Hall–Kier alpha value is -1.36. The Balaban J connectivity index is 2.65. The molecule has 0 saturated carbocycles. The van der Waals surface area contributed by atoms with Crippen LogP contribution in [-0.4, -0.2) is 17.7 Å². The molecule has 0 aliphatic heterocycles. The number of ether oxygens (including phenoxy) is 1. The molecular weight excluding hydrogens is 279 g/mol. The molecule has 0 heterocycles. The molecule has 0 aliphatic rings. The molecule has 0 aromatic heterocycles. The third-order valence-electron chi connectivity index (χ3n) is 1.72. The standard InChI is InChI=1S/C11H10BrFO3/c1-7(4-11(14)15)6-16-10-3-2-8(13)5-9(10)12/h2-5H,6H2,1H3,(H,14,15). The number of carbonyl (C=O) groups is 1. The molecule has 86 valence electrons. The average molecular weight is 289 g/mol. The van der Waals surface area contributed by atoms with Gasteiger partial charge in [0.1, 0.15) is 18.2 Å². The SMILES string of the molecule is CC(=CC(=O)O)COc1ccc(F)cc1Br. The van der Waals surface area contributed by atoms with Crippen LogP contribution in [-0.2, 0) is 4.79 Å². The molecule has 0 saturated heterocycles. The van der Waals surface area contributed by atoms with Gasteiger partial charge in [-0.2, -0.15) is 0 Å². The minimum absolute atomic E-state index is 0.149. The van der Waals surface area contributed by atoms with Crippen molar-refractivity contribution >= 4 is 21.9 Å². The van der Waals surface area contributed by atoms with Gasteiger partial charge in [-0.1, -0.05) is 0 Å². The Labute approximate surface area is 101 Å². The summed E-state index contributed by atoms with van der Waals surface area (Å²) in [5.74, 6) is -0.907. The third kappa shape index (κ3) is 4.02. The van der Waals surface area contributed by atoms with E-state index in [-0.39, 0.29) is 12.4 Å². The highest BCUT2D eigenvalue weighted by Gasteiger charge is 2.03. The minimum Gasteiger partial charge on any atom is -0.488 e. The summed E-state index contributed by atoms with van der Waals surface area (Å²) < 4.78 is 18.5. The number of rotatable bonds is 4. The second-order valence-electron chi connectivity index (χ2n) is 3.19. The van der Waals surface area contributed by atoms with Gasteiger partial charge in [0, 0.05) is 6.08 Å². The van der Waals surface area contributed by atoms with Gasteiger partial charge < -0.3 is 9.84 Å². The molecule has 1 aromatic rings. The molecule has 5 heteroatoms. The summed E-state index contributed by atoms with van der Waals surface area (Å²) in [5.41, 5.74) is 0.573. The molecule has 1 rings (SSSR count). The lowest BCUT2D eigenvalue weighted by Crippen LogP contribution is -2.01. The van der Waals surface area contributed by atoms with E-state index in [4.69, 9.17) is 9.84 Å². The lowest BCUT2D eigenvalue weighted by atomic mass is 10.3. The average Bonchev–Trinajstić information content (AvgIpc) is 2.15. The molecule has 0 fully saturated rings. The van der Waals surface area contributed by atoms with Crippen LogP contribution in [0, 0.1) is 5.82 Å². The first-order valence-corrected chi connectivity index (χ1v) is 5.26. The fourth-order valence-electron chi connectivity index (χ4n) is 1.04. The summed E-state index contributed by atoms with van der Waals surface area (Å²) >= 11 is 3.15. The van der Waals surface area contributed by atoms with Crippen LogP contribution >= 0.6 is 15.9 Å². The molecule has 0 radical (unpaired) electrons. The highest BCUT2D eigenvalue weighted by Crippen LogP contribution is 2.25. The summed E-state index contributed by atoms with van der Waals surface area (Å²) in [4.78, 5) is 10.3. The highest BCUT2D eigenvalue weighted by atomic mass is 79.9. The van der Waals surface area contributed by atoms with E-state index >= 15 is 0 Å². The van der Waals surface area contributed by atoms with Gasteiger partial charge in [-0.05, 0) is 46.6 Å². The quantitative estimate of drug-likeness (QED) is 0.867. The van der Waals surface area contributed by atoms with E-state index in [1.54, 1.807) is 6.92 Å². The molecular formula is C11H10BrFO3. The Bertz CT molecular complexity index is 429. The first-order chi connectivity index (χ1) is 7.49. The number of benzene rings is 1. The normalized spacial score (nSPS) is 11.3. The van der Waals surface area contributed by atoms with Crippen molar-refractivity contribution in [1.29, 1.82) is 0 Å². The number of halogens is 2. The molecule has 0 atom stereocenters. The maximum atomic E-state index is 12.7. The number of carboxylic acids is 1. The summed E-state index contributed by atoms with van der Waals surface area (Å²) in [6, 6.07) is 4.04. The van der Waals surface area contributed by atoms with Crippen LogP contribution in [0.15, 0.2) is 34.3 Å². The number of hydrogen-bond donors (Lipinski definition) is 1. The zero-order valence-corrected chi connectivity index (χ0v) is 10.1. The molecule has 3 nitrogen and oxygen atoms in total. The number of hydrogen-bond acceptors (Lipinski definition) is 2. The van der Waals surface area contributed by atoms with Crippen LogP contribution in [0.1, 0.15) is 6.92 Å². The maximum Gasteiger partial charge on any atom is 0.328 e. The largest absolute Gasteiger partial charge is 0.488 e. The van der Waals surface area contributed by atoms with Crippen LogP contribution in [0.2, 0.25) is 0 Å². The second-order valence-corrected chi connectivity index (χ2v) is 4.05. The molecule has 1 N–H and O–H groups in total. The van der Waals surface area contributed by atoms with Crippen LogP contribution in [0.4, 0.5) is 4.39 Å². The minimum atomic E-state index is -1.01. The van der Waals surface area contributed by atoms with Gasteiger partial charge in [0.15, 0.2) is 0 Å². The van der Waals surface area contributed by atoms with Gasteiger partial charge in [0.2, 0.25) is 0 Å². The zero-order valence-electron chi connectivity index (χ0n) is 8.54. The predicted molar refractivity (Wildman–Crippen MR) is 61.0 cm³/mol. The molecule has 0 unspecified atom stereocenters. The Morgan fingerprint density at radius 2 is 2.31 bits per heavy atom. The van der Waals surface area contributed by atoms with E-state index in [1.165, 1.54) is 18.2 Å². The molecule has 0 amide bonds. The van der Waals surface area contributed by atoms with Gasteiger partial charge in [-0.25, -0.2) is 9.18 Å². The fourth-order valence-corrected chi connectivity index (χ4v) is 1.50. The smallest absolute Gasteiger partial charge is 0.328 e. The maximum absolute atomic E-state index is 12.7. The molecule has 0 bridgehead atoms. The lowest BCUT2D eigenvalue weighted by Gasteiger charge is -2.07. The van der Waals surface area contributed by atoms with Crippen LogP contribution < -0.4 is 4.74 Å². The summed E-state index contributed by atoms with van der Waals surface area (Å²) in [6.45, 7) is 1.79. The molecule has 16 heavy (non-hydrogen) atoms. The number of carboxylic acid groups (broad SMARTS) is 1. The summed E-state index contributed by atoms with van der Waals surface area (Å²) in [6.07, 6.45) is 1.07. The van der Waals surface area contributed by atoms with Crippen molar-refractivity contribution in [2.75, 3.05) is 6.61 Å². The van der Waals surface area contributed by atoms with Crippen molar-refractivity contribution in [3.63, 3.8) is 0 Å². The van der Waals surface area contributed by atoms with Crippen molar-refractivity contribution in [3.8, 4) is 5.75 Å². The summed E-state index contributed by atoms with van der Waals surface area (Å²) in [7, 11) is 0. The first-order valence-electron chi connectivity index (χ1n) is 4.47. The zero-order chi connectivity index (χ0) is 12.1. The Morgan fingerprint density at radius 3 is 2.88 bits per heavy atom. The van der Waals surface area contributed by atoms with Gasteiger partial charge in [-0.3, -0.25) is 0 Å². The van der Waals surface area contributed by atoms with E-state index in [2.05, 4.69) is 15.9 Å². The number of aliphatic carboxylic acids is 1. The van der Waals surface area contributed by atoms with Gasteiger partial charge in [0.25, 0.3) is 0 Å². The third-order valence-corrected chi connectivity index (χ3v) is 2.34. The van der Waals surface area contributed by atoms with E-state index in [1.807, 2.05) is 0 Å². The summed E-state index contributed by atoms with van der Waals surface area (Å²) in [5, 5.41) is 8.48. The second kappa shape index (κ2) is 5.65. The van der Waals surface area contributed by atoms with Crippen LogP contribution in [0.3, 0.4) is 0 Å². The van der Waals surface area contributed by atoms with Gasteiger partial charge in [-0.15, -0.1) is 0 Å². The molecule has 1 aromatic carbocycles. The molecule has 0 spiro atoms. The van der Waals surface area contributed by atoms with Crippen molar-refractivity contribution < 1.29 is 19.0 Å². The molecule has 0 aliphatic carbocycles. The highest BCUT2D eigenvalue weighted by molar-refractivity contribution is 9.10. The van der Waals surface area contributed by atoms with Crippen LogP contribution in [0.5, 0.6) is 5.75 Å². The first kappa shape index (κ1) is 12.7. The van der Waals surface area contributed by atoms with E-state index in [9.17, 15) is 9.18 Å². The van der Waals surface area contributed by atoms with Crippen molar-refractivity contribution in [1.82, 2.24) is 0 Å². The monoisotopic (exact) mass is 288 g/mol. The lowest BCUT2D eigenvalue weighted by molar-refractivity contribution is -0.131. The van der Waals surface area contributed by atoms with Crippen molar-refractivity contribution in [2.24, 2.45) is 0 Å².